The van der Waals surface area contributed by atoms with Crippen LogP contribution in [-0.2, 0) is 9.53 Å². The van der Waals surface area contributed by atoms with E-state index in [1.165, 1.54) is 0 Å². The first kappa shape index (κ1) is 8.49. The van der Waals surface area contributed by atoms with Crippen LogP contribution >= 0.6 is 0 Å². The minimum Gasteiger partial charge on any atom is -0.465 e. The van der Waals surface area contributed by atoms with E-state index in [1.54, 1.807) is 11.9 Å². The van der Waals surface area contributed by atoms with Gasteiger partial charge >= 0.3 is 5.97 Å². The Hall–Kier alpha value is -0.610. The second kappa shape index (κ2) is 3.69. The lowest BCUT2D eigenvalue weighted by molar-refractivity contribution is -0.148. The molecule has 0 aromatic rings. The van der Waals surface area contributed by atoms with Gasteiger partial charge in [-0.25, -0.2) is 5.01 Å². The molecule has 1 heterocycles. The Kier molecular flexibility index (Phi) is 2.84. The molecule has 1 rings (SSSR count). The lowest BCUT2D eigenvalue weighted by atomic mass is 10.2. The highest BCUT2D eigenvalue weighted by molar-refractivity contribution is 5.75. The molecule has 0 aromatic carbocycles. The molecule has 0 bridgehead atoms. The number of nitrogens with two attached hydrogens (primary N) is 1. The van der Waals surface area contributed by atoms with Gasteiger partial charge < -0.3 is 4.74 Å². The molecule has 0 amide bonds. The first-order chi connectivity index (χ1) is 5.25. The number of rotatable bonds is 2. The number of hydrazine groups is 1. The lowest BCUT2D eigenvalue weighted by Gasteiger charge is -2.16. The van der Waals surface area contributed by atoms with Gasteiger partial charge in [0.05, 0.1) is 6.61 Å². The summed E-state index contributed by atoms with van der Waals surface area (Å²) in [6.45, 7) is 3.03. The zero-order valence-electron chi connectivity index (χ0n) is 6.75. The third-order valence-electron chi connectivity index (χ3n) is 1.85. The van der Waals surface area contributed by atoms with E-state index in [4.69, 9.17) is 10.6 Å². The minimum atomic E-state index is -0.199. The van der Waals surface area contributed by atoms with Crippen LogP contribution in [0.15, 0.2) is 0 Å². The van der Waals surface area contributed by atoms with E-state index in [2.05, 4.69) is 0 Å². The number of esters is 1. The number of ether oxygens (including phenoxy) is 1. The van der Waals surface area contributed by atoms with Crippen molar-refractivity contribution < 1.29 is 9.53 Å². The van der Waals surface area contributed by atoms with E-state index < -0.39 is 0 Å². The molecule has 0 aromatic heterocycles. The number of carbonyl (C=O) groups is 1. The van der Waals surface area contributed by atoms with Gasteiger partial charge in [0.25, 0.3) is 0 Å². The van der Waals surface area contributed by atoms with Crippen molar-refractivity contribution in [3.8, 4) is 0 Å². The molecule has 2 N–H and O–H groups in total. The van der Waals surface area contributed by atoms with E-state index in [0.29, 0.717) is 6.61 Å². The van der Waals surface area contributed by atoms with Crippen molar-refractivity contribution in [2.75, 3.05) is 13.2 Å². The highest BCUT2D eigenvalue weighted by atomic mass is 16.5. The van der Waals surface area contributed by atoms with Gasteiger partial charge in [0.1, 0.15) is 6.04 Å². The van der Waals surface area contributed by atoms with E-state index in [1.807, 2.05) is 0 Å². The first-order valence-electron chi connectivity index (χ1n) is 3.93. The second-order valence-electron chi connectivity index (χ2n) is 2.65. The maximum atomic E-state index is 11.1. The molecule has 64 valence electrons. The Bertz CT molecular complexity index is 149. The van der Waals surface area contributed by atoms with Crippen LogP contribution in [0.2, 0.25) is 0 Å². The molecule has 0 aliphatic carbocycles. The molecule has 1 aliphatic heterocycles. The quantitative estimate of drug-likeness (QED) is 0.450. The normalized spacial score (nSPS) is 25.5. The maximum absolute atomic E-state index is 11.1. The molecule has 0 radical (unpaired) electrons. The highest BCUT2D eigenvalue weighted by Crippen LogP contribution is 2.13. The topological polar surface area (TPSA) is 55.6 Å². The van der Waals surface area contributed by atoms with Gasteiger partial charge in [-0.15, -0.1) is 0 Å². The maximum Gasteiger partial charge on any atom is 0.324 e. The molecule has 0 saturated carbocycles. The highest BCUT2D eigenvalue weighted by Gasteiger charge is 2.29. The molecule has 1 fully saturated rings. The molecule has 1 atom stereocenters. The number of hydrogen-bond donors (Lipinski definition) is 1. The predicted octanol–water partition coefficient (Wildman–Crippen LogP) is -0.112. The second-order valence-corrected chi connectivity index (χ2v) is 2.65. The van der Waals surface area contributed by atoms with Crippen molar-refractivity contribution in [2.24, 2.45) is 5.84 Å². The SMILES string of the molecule is CCOC(=O)C1CCCN1N. The molecule has 0 spiro atoms. The van der Waals surface area contributed by atoms with Gasteiger partial charge in [-0.05, 0) is 19.8 Å². The van der Waals surface area contributed by atoms with Gasteiger partial charge in [-0.1, -0.05) is 0 Å². The number of nitrogens with zero attached hydrogens (tertiary/aromatic N) is 1. The monoisotopic (exact) mass is 158 g/mol. The smallest absolute Gasteiger partial charge is 0.324 e. The van der Waals surface area contributed by atoms with E-state index in [9.17, 15) is 4.79 Å². The Balaban J connectivity index is 2.39. The van der Waals surface area contributed by atoms with E-state index >= 15 is 0 Å². The molecule has 1 unspecified atom stereocenters. The Morgan fingerprint density at radius 1 is 1.82 bits per heavy atom. The Morgan fingerprint density at radius 2 is 2.55 bits per heavy atom. The summed E-state index contributed by atoms with van der Waals surface area (Å²) in [5.41, 5.74) is 0. The lowest BCUT2D eigenvalue weighted by Crippen LogP contribution is -2.41. The van der Waals surface area contributed by atoms with Crippen molar-refractivity contribution >= 4 is 5.97 Å². The zero-order chi connectivity index (χ0) is 8.27. The largest absolute Gasteiger partial charge is 0.465 e. The molecular weight excluding hydrogens is 144 g/mol. The molecule has 4 nitrogen and oxygen atoms in total. The molecule has 11 heavy (non-hydrogen) atoms. The van der Waals surface area contributed by atoms with Crippen LogP contribution in [0.3, 0.4) is 0 Å². The standard InChI is InChI=1S/C7H14N2O2/c1-2-11-7(10)6-4-3-5-9(6)8/h6H,2-5,8H2,1H3. The molecular formula is C7H14N2O2. The first-order valence-corrected chi connectivity index (χ1v) is 3.93. The summed E-state index contributed by atoms with van der Waals surface area (Å²) in [5, 5.41) is 1.55. The zero-order valence-corrected chi connectivity index (χ0v) is 6.75. The summed E-state index contributed by atoms with van der Waals surface area (Å²) < 4.78 is 4.84. The minimum absolute atomic E-state index is 0.187. The van der Waals surface area contributed by atoms with Gasteiger partial charge in [0.2, 0.25) is 0 Å². The Labute approximate surface area is 66.3 Å². The molecule has 4 heteroatoms. The fraction of sp³-hybridized carbons (Fsp3) is 0.857. The number of carbonyl (C=O) groups excluding carboxylic acids is 1. The van der Waals surface area contributed by atoms with Crippen molar-refractivity contribution in [2.45, 2.75) is 25.8 Å². The van der Waals surface area contributed by atoms with Crippen LogP contribution in [0.1, 0.15) is 19.8 Å². The predicted molar refractivity (Wildman–Crippen MR) is 40.5 cm³/mol. The molecule has 1 saturated heterocycles. The van der Waals surface area contributed by atoms with Gasteiger partial charge in [0, 0.05) is 6.54 Å². The summed E-state index contributed by atoms with van der Waals surface area (Å²) >= 11 is 0. The summed E-state index contributed by atoms with van der Waals surface area (Å²) in [6, 6.07) is -0.199. The van der Waals surface area contributed by atoms with Gasteiger partial charge in [-0.2, -0.15) is 0 Å². The van der Waals surface area contributed by atoms with Crippen LogP contribution in [-0.4, -0.2) is 30.2 Å². The summed E-state index contributed by atoms with van der Waals surface area (Å²) in [4.78, 5) is 11.1. The van der Waals surface area contributed by atoms with E-state index in [0.717, 1.165) is 19.4 Å². The van der Waals surface area contributed by atoms with Crippen LogP contribution in [0, 0.1) is 0 Å². The third-order valence-corrected chi connectivity index (χ3v) is 1.85. The average Bonchev–Trinajstić information content (AvgIpc) is 2.36. The van der Waals surface area contributed by atoms with Crippen LogP contribution in [0.5, 0.6) is 0 Å². The fourth-order valence-corrected chi connectivity index (χ4v) is 1.28. The summed E-state index contributed by atoms with van der Waals surface area (Å²) in [6.07, 6.45) is 1.81. The van der Waals surface area contributed by atoms with Crippen molar-refractivity contribution in [1.82, 2.24) is 5.01 Å². The Morgan fingerprint density at radius 3 is 3.00 bits per heavy atom. The van der Waals surface area contributed by atoms with Crippen molar-refractivity contribution in [3.63, 3.8) is 0 Å². The third kappa shape index (κ3) is 1.91. The van der Waals surface area contributed by atoms with Crippen LogP contribution < -0.4 is 5.84 Å². The fourth-order valence-electron chi connectivity index (χ4n) is 1.28. The summed E-state index contributed by atoms with van der Waals surface area (Å²) in [5.74, 6) is 5.36. The van der Waals surface area contributed by atoms with Crippen molar-refractivity contribution in [1.29, 1.82) is 0 Å². The van der Waals surface area contributed by atoms with Crippen LogP contribution in [0.25, 0.3) is 0 Å². The van der Waals surface area contributed by atoms with E-state index in [-0.39, 0.29) is 12.0 Å². The van der Waals surface area contributed by atoms with Gasteiger partial charge in [0.15, 0.2) is 0 Å². The summed E-state index contributed by atoms with van der Waals surface area (Å²) in [7, 11) is 0. The molecule has 1 aliphatic rings. The van der Waals surface area contributed by atoms with Crippen molar-refractivity contribution in [3.05, 3.63) is 0 Å². The van der Waals surface area contributed by atoms with Gasteiger partial charge in [-0.3, -0.25) is 10.6 Å². The van der Waals surface area contributed by atoms with Crippen LogP contribution in [0.4, 0.5) is 0 Å². The average molecular weight is 158 g/mol. The number of hydrogen-bond acceptors (Lipinski definition) is 4.